The highest BCUT2D eigenvalue weighted by Gasteiger charge is 2.31. The van der Waals surface area contributed by atoms with Gasteiger partial charge in [-0.3, -0.25) is 0 Å². The Bertz CT molecular complexity index is 593. The molecule has 1 saturated heterocycles. The summed E-state index contributed by atoms with van der Waals surface area (Å²) in [5.74, 6) is 1.20. The lowest BCUT2D eigenvalue weighted by molar-refractivity contribution is 0.226. The van der Waals surface area contributed by atoms with Crippen molar-refractivity contribution >= 4 is 26.0 Å². The highest BCUT2D eigenvalue weighted by atomic mass is 79.9. The second-order valence-corrected chi connectivity index (χ2v) is 8.67. The molecule has 0 aliphatic carbocycles. The molecule has 0 bridgehead atoms. The fourth-order valence-corrected chi connectivity index (χ4v) is 5.21. The van der Waals surface area contributed by atoms with Gasteiger partial charge in [0.25, 0.3) is 0 Å². The number of aliphatic hydroxyl groups is 1. The molecule has 1 aromatic carbocycles. The molecular weight excluding hydrogens is 354 g/mol. The van der Waals surface area contributed by atoms with Crippen LogP contribution in [0.15, 0.2) is 27.6 Å². The molecule has 1 fully saturated rings. The summed E-state index contributed by atoms with van der Waals surface area (Å²) < 4.78 is 27.6. The standard InChI is InChI=1S/C15H22BrNO3S/c1-11(2)13-5-7-17(8-6-13)21(19,20)15-9-12(10-18)3-4-14(15)16/h3-4,9,11,13,18H,5-8,10H2,1-2H3. The molecule has 0 radical (unpaired) electrons. The van der Waals surface area contributed by atoms with Gasteiger partial charge < -0.3 is 5.11 Å². The number of benzene rings is 1. The summed E-state index contributed by atoms with van der Waals surface area (Å²) in [7, 11) is -3.50. The summed E-state index contributed by atoms with van der Waals surface area (Å²) >= 11 is 3.31. The van der Waals surface area contributed by atoms with Crippen molar-refractivity contribution in [3.63, 3.8) is 0 Å². The van der Waals surface area contributed by atoms with Gasteiger partial charge in [-0.1, -0.05) is 19.9 Å². The fourth-order valence-electron chi connectivity index (χ4n) is 2.77. The molecule has 0 aromatic heterocycles. The number of hydrogen-bond donors (Lipinski definition) is 1. The van der Waals surface area contributed by atoms with E-state index in [0.29, 0.717) is 35.0 Å². The average Bonchev–Trinajstić information content (AvgIpc) is 2.47. The highest BCUT2D eigenvalue weighted by Crippen LogP contribution is 2.31. The van der Waals surface area contributed by atoms with Crippen LogP contribution < -0.4 is 0 Å². The molecule has 2 rings (SSSR count). The largest absolute Gasteiger partial charge is 0.392 e. The van der Waals surface area contributed by atoms with Crippen LogP contribution in [0.1, 0.15) is 32.3 Å². The van der Waals surface area contributed by atoms with Gasteiger partial charge >= 0.3 is 0 Å². The van der Waals surface area contributed by atoms with Crippen LogP contribution in [0.5, 0.6) is 0 Å². The molecule has 0 spiro atoms. The number of hydrogen-bond acceptors (Lipinski definition) is 3. The Labute approximate surface area is 135 Å². The van der Waals surface area contributed by atoms with Crippen LogP contribution in [0.4, 0.5) is 0 Å². The molecule has 118 valence electrons. The summed E-state index contributed by atoms with van der Waals surface area (Å²) in [4.78, 5) is 0.247. The van der Waals surface area contributed by atoms with Crippen molar-refractivity contribution in [2.45, 2.75) is 38.2 Å². The lowest BCUT2D eigenvalue weighted by atomic mass is 9.87. The Hall–Kier alpha value is -0.430. The Morgan fingerprint density at radius 1 is 1.33 bits per heavy atom. The maximum absolute atomic E-state index is 12.8. The van der Waals surface area contributed by atoms with E-state index in [1.165, 1.54) is 0 Å². The van der Waals surface area contributed by atoms with Crippen molar-refractivity contribution in [3.8, 4) is 0 Å². The molecule has 4 nitrogen and oxygen atoms in total. The summed E-state index contributed by atoms with van der Waals surface area (Å²) in [5.41, 5.74) is 0.605. The lowest BCUT2D eigenvalue weighted by Crippen LogP contribution is -2.39. The molecule has 0 saturated carbocycles. The van der Waals surface area contributed by atoms with Crippen LogP contribution in [0.25, 0.3) is 0 Å². The molecule has 21 heavy (non-hydrogen) atoms. The van der Waals surface area contributed by atoms with Crippen molar-refractivity contribution in [1.29, 1.82) is 0 Å². The van der Waals surface area contributed by atoms with Crippen molar-refractivity contribution in [1.82, 2.24) is 4.31 Å². The van der Waals surface area contributed by atoms with Gasteiger partial charge in [-0.2, -0.15) is 4.31 Å². The van der Waals surface area contributed by atoms with Gasteiger partial charge in [-0.25, -0.2) is 8.42 Å². The monoisotopic (exact) mass is 375 g/mol. The number of nitrogens with zero attached hydrogens (tertiary/aromatic N) is 1. The van der Waals surface area contributed by atoms with Crippen LogP contribution in [-0.4, -0.2) is 30.9 Å². The van der Waals surface area contributed by atoms with Gasteiger partial charge in [0.05, 0.1) is 11.5 Å². The number of sulfonamides is 1. The third-order valence-electron chi connectivity index (χ3n) is 4.24. The Morgan fingerprint density at radius 3 is 2.48 bits per heavy atom. The first-order chi connectivity index (χ1) is 9.86. The predicted octanol–water partition coefficient (Wildman–Crippen LogP) is 3.00. The molecule has 1 heterocycles. The second-order valence-electron chi connectivity index (χ2n) is 5.91. The average molecular weight is 376 g/mol. The first-order valence-corrected chi connectivity index (χ1v) is 9.49. The minimum absolute atomic E-state index is 0.161. The zero-order chi connectivity index (χ0) is 15.6. The van der Waals surface area contributed by atoms with E-state index in [4.69, 9.17) is 0 Å². The maximum atomic E-state index is 12.8. The summed E-state index contributed by atoms with van der Waals surface area (Å²) in [6.07, 6.45) is 1.82. The summed E-state index contributed by atoms with van der Waals surface area (Å²) in [5, 5.41) is 9.20. The van der Waals surface area contributed by atoms with Crippen LogP contribution in [0.3, 0.4) is 0 Å². The highest BCUT2D eigenvalue weighted by molar-refractivity contribution is 9.10. The van der Waals surface area contributed by atoms with Crippen LogP contribution >= 0.6 is 15.9 Å². The minimum Gasteiger partial charge on any atom is -0.392 e. The van der Waals surface area contributed by atoms with E-state index in [1.807, 2.05) is 0 Å². The van der Waals surface area contributed by atoms with Crippen LogP contribution in [-0.2, 0) is 16.6 Å². The smallest absolute Gasteiger partial charge is 0.244 e. The van der Waals surface area contributed by atoms with Gasteiger partial charge in [0.2, 0.25) is 10.0 Å². The van der Waals surface area contributed by atoms with E-state index in [9.17, 15) is 13.5 Å². The third kappa shape index (κ3) is 3.67. The fraction of sp³-hybridized carbons (Fsp3) is 0.600. The van der Waals surface area contributed by atoms with Crippen LogP contribution in [0.2, 0.25) is 0 Å². The molecule has 1 aliphatic heterocycles. The van der Waals surface area contributed by atoms with E-state index >= 15 is 0 Å². The molecular formula is C15H22BrNO3S. The third-order valence-corrected chi connectivity index (χ3v) is 7.13. The summed E-state index contributed by atoms with van der Waals surface area (Å²) in [6, 6.07) is 4.95. The van der Waals surface area contributed by atoms with Crippen molar-refractivity contribution in [2.75, 3.05) is 13.1 Å². The second kappa shape index (κ2) is 6.77. The van der Waals surface area contributed by atoms with Gasteiger partial charge in [0.15, 0.2) is 0 Å². The van der Waals surface area contributed by atoms with Crippen molar-refractivity contribution < 1.29 is 13.5 Å². The number of rotatable bonds is 4. The quantitative estimate of drug-likeness (QED) is 0.879. The van der Waals surface area contributed by atoms with E-state index < -0.39 is 10.0 Å². The number of piperidine rings is 1. The van der Waals surface area contributed by atoms with Gasteiger partial charge in [-0.15, -0.1) is 0 Å². The summed E-state index contributed by atoms with van der Waals surface area (Å²) in [6.45, 7) is 5.36. The van der Waals surface area contributed by atoms with Gasteiger partial charge in [0.1, 0.15) is 0 Å². The Morgan fingerprint density at radius 2 is 1.95 bits per heavy atom. The first kappa shape index (κ1) is 16.9. The zero-order valence-corrected chi connectivity index (χ0v) is 14.8. The Kier molecular flexibility index (Phi) is 5.46. The molecule has 1 aliphatic rings. The van der Waals surface area contributed by atoms with Crippen molar-refractivity contribution in [3.05, 3.63) is 28.2 Å². The van der Waals surface area contributed by atoms with Gasteiger partial charge in [0, 0.05) is 17.6 Å². The minimum atomic E-state index is -3.50. The number of halogens is 1. The predicted molar refractivity (Wildman–Crippen MR) is 86.4 cm³/mol. The van der Waals surface area contributed by atoms with Crippen LogP contribution in [0, 0.1) is 11.8 Å². The Balaban J connectivity index is 2.23. The van der Waals surface area contributed by atoms with E-state index in [-0.39, 0.29) is 11.5 Å². The van der Waals surface area contributed by atoms with E-state index in [1.54, 1.807) is 22.5 Å². The topological polar surface area (TPSA) is 57.6 Å². The molecule has 0 unspecified atom stereocenters. The normalized spacial score (nSPS) is 18.3. The molecule has 1 aromatic rings. The van der Waals surface area contributed by atoms with Gasteiger partial charge in [-0.05, 0) is 58.3 Å². The lowest BCUT2D eigenvalue weighted by Gasteiger charge is -2.33. The van der Waals surface area contributed by atoms with E-state index in [2.05, 4.69) is 29.8 Å². The molecule has 1 N–H and O–H groups in total. The van der Waals surface area contributed by atoms with E-state index in [0.717, 1.165) is 12.8 Å². The molecule has 0 atom stereocenters. The van der Waals surface area contributed by atoms with Crippen molar-refractivity contribution in [2.24, 2.45) is 11.8 Å². The molecule has 0 amide bonds. The zero-order valence-electron chi connectivity index (χ0n) is 12.4. The number of aliphatic hydroxyl groups excluding tert-OH is 1. The SMILES string of the molecule is CC(C)C1CCN(S(=O)(=O)c2cc(CO)ccc2Br)CC1. The maximum Gasteiger partial charge on any atom is 0.244 e. The first-order valence-electron chi connectivity index (χ1n) is 7.25. The molecule has 6 heteroatoms.